The van der Waals surface area contributed by atoms with Crippen molar-refractivity contribution in [3.8, 4) is 11.3 Å². The van der Waals surface area contributed by atoms with Gasteiger partial charge in [0.2, 0.25) is 5.91 Å². The van der Waals surface area contributed by atoms with Crippen molar-refractivity contribution in [2.24, 2.45) is 0 Å². The summed E-state index contributed by atoms with van der Waals surface area (Å²) < 4.78 is 13.7. The molecule has 0 bridgehead atoms. The first kappa shape index (κ1) is 16.7. The Morgan fingerprint density at radius 3 is 2.92 bits per heavy atom. The topological polar surface area (TPSA) is 45.2 Å². The van der Waals surface area contributed by atoms with Gasteiger partial charge in [-0.15, -0.1) is 11.3 Å². The normalized spacial score (nSPS) is 12.9. The zero-order chi connectivity index (χ0) is 18.1. The standard InChI is InChI=1S/C20H18FN3OS/c1-13-22-18(12-26-13)14-6-7-19-15(10-14)8-9-24(19)11-20(25)23-17-5-3-2-4-16(17)21/h2-7,10,12H,8-9,11H2,1H3,(H,23,25). The van der Waals surface area contributed by atoms with Crippen molar-refractivity contribution in [1.29, 1.82) is 0 Å². The summed E-state index contributed by atoms with van der Waals surface area (Å²) in [6, 6.07) is 12.4. The van der Waals surface area contributed by atoms with Crippen LogP contribution in [-0.4, -0.2) is 24.0 Å². The molecule has 0 aliphatic carbocycles. The number of aryl methyl sites for hydroxylation is 1. The quantitative estimate of drug-likeness (QED) is 0.749. The summed E-state index contributed by atoms with van der Waals surface area (Å²) >= 11 is 1.64. The highest BCUT2D eigenvalue weighted by Crippen LogP contribution is 2.32. The maximum absolute atomic E-state index is 13.7. The van der Waals surface area contributed by atoms with E-state index in [1.165, 1.54) is 11.6 Å². The average Bonchev–Trinajstić information content (AvgIpc) is 3.23. The Labute approximate surface area is 155 Å². The van der Waals surface area contributed by atoms with Gasteiger partial charge in [-0.1, -0.05) is 18.2 Å². The number of nitrogens with one attached hydrogen (secondary N) is 1. The first-order chi connectivity index (χ1) is 12.6. The molecular formula is C20H18FN3OS. The molecule has 0 saturated heterocycles. The second-order valence-corrected chi connectivity index (χ2v) is 7.36. The first-order valence-electron chi connectivity index (χ1n) is 8.45. The molecule has 0 radical (unpaired) electrons. The number of nitrogens with zero attached hydrogens (tertiary/aromatic N) is 2. The Hall–Kier alpha value is -2.73. The molecule has 0 atom stereocenters. The van der Waals surface area contributed by atoms with Crippen molar-refractivity contribution in [3.63, 3.8) is 0 Å². The van der Waals surface area contributed by atoms with Gasteiger partial charge >= 0.3 is 0 Å². The van der Waals surface area contributed by atoms with Gasteiger partial charge in [-0.05, 0) is 43.2 Å². The number of benzene rings is 2. The minimum atomic E-state index is -0.425. The number of thiazole rings is 1. The minimum absolute atomic E-state index is 0.205. The molecule has 6 heteroatoms. The molecule has 4 rings (SSSR count). The van der Waals surface area contributed by atoms with Crippen LogP contribution in [0.15, 0.2) is 47.8 Å². The molecule has 132 valence electrons. The molecule has 3 aromatic rings. The van der Waals surface area contributed by atoms with E-state index in [1.807, 2.05) is 24.0 Å². The molecule has 2 heterocycles. The summed E-state index contributed by atoms with van der Waals surface area (Å²) in [6.45, 7) is 2.98. The third-order valence-electron chi connectivity index (χ3n) is 4.47. The van der Waals surface area contributed by atoms with E-state index in [0.717, 1.165) is 34.9 Å². The fourth-order valence-electron chi connectivity index (χ4n) is 3.22. The summed E-state index contributed by atoms with van der Waals surface area (Å²) in [7, 11) is 0. The van der Waals surface area contributed by atoms with Gasteiger partial charge in [0.15, 0.2) is 0 Å². The second kappa shape index (κ2) is 6.88. The number of anilines is 2. The predicted octanol–water partition coefficient (Wildman–Crippen LogP) is 4.26. The monoisotopic (exact) mass is 367 g/mol. The van der Waals surface area contributed by atoms with Gasteiger partial charge in [-0.25, -0.2) is 9.37 Å². The van der Waals surface area contributed by atoms with Crippen LogP contribution >= 0.6 is 11.3 Å². The average molecular weight is 367 g/mol. The number of carbonyl (C=O) groups excluding carboxylic acids is 1. The Balaban J connectivity index is 1.48. The molecule has 1 amide bonds. The third-order valence-corrected chi connectivity index (χ3v) is 5.24. The highest BCUT2D eigenvalue weighted by atomic mass is 32.1. The molecule has 1 N–H and O–H groups in total. The molecule has 1 aromatic heterocycles. The number of hydrogen-bond donors (Lipinski definition) is 1. The summed E-state index contributed by atoms with van der Waals surface area (Å²) in [5.41, 5.74) is 4.58. The van der Waals surface area contributed by atoms with E-state index in [9.17, 15) is 9.18 Å². The number of para-hydroxylation sites is 1. The third kappa shape index (κ3) is 3.32. The van der Waals surface area contributed by atoms with Gasteiger partial charge in [0, 0.05) is 23.2 Å². The van der Waals surface area contributed by atoms with Crippen LogP contribution in [0.3, 0.4) is 0 Å². The van der Waals surface area contributed by atoms with Crippen molar-refractivity contribution in [2.45, 2.75) is 13.3 Å². The van der Waals surface area contributed by atoms with Crippen molar-refractivity contribution in [1.82, 2.24) is 4.98 Å². The second-order valence-electron chi connectivity index (χ2n) is 6.29. The highest BCUT2D eigenvalue weighted by molar-refractivity contribution is 7.09. The lowest BCUT2D eigenvalue weighted by Crippen LogP contribution is -2.32. The number of fused-ring (bicyclic) bond motifs is 1. The van der Waals surface area contributed by atoms with E-state index in [2.05, 4.69) is 21.7 Å². The van der Waals surface area contributed by atoms with Crippen molar-refractivity contribution in [2.75, 3.05) is 23.3 Å². The number of carbonyl (C=O) groups is 1. The Bertz CT molecular complexity index is 969. The predicted molar refractivity (Wildman–Crippen MR) is 103 cm³/mol. The summed E-state index contributed by atoms with van der Waals surface area (Å²) in [4.78, 5) is 18.9. The number of halogens is 1. The van der Waals surface area contributed by atoms with E-state index in [4.69, 9.17) is 0 Å². The lowest BCUT2D eigenvalue weighted by molar-refractivity contribution is -0.115. The lowest BCUT2D eigenvalue weighted by atomic mass is 10.1. The molecule has 0 fully saturated rings. The van der Waals surface area contributed by atoms with Crippen LogP contribution in [0, 0.1) is 12.7 Å². The van der Waals surface area contributed by atoms with Crippen LogP contribution in [0.1, 0.15) is 10.6 Å². The van der Waals surface area contributed by atoms with Crippen LogP contribution in [0.25, 0.3) is 11.3 Å². The van der Waals surface area contributed by atoms with Crippen LogP contribution < -0.4 is 10.2 Å². The first-order valence-corrected chi connectivity index (χ1v) is 9.33. The van der Waals surface area contributed by atoms with Gasteiger partial charge in [0.25, 0.3) is 0 Å². The Morgan fingerprint density at radius 2 is 2.15 bits per heavy atom. The minimum Gasteiger partial charge on any atom is -0.362 e. The van der Waals surface area contributed by atoms with Crippen molar-refractivity contribution >= 4 is 28.6 Å². The summed E-state index contributed by atoms with van der Waals surface area (Å²) in [5, 5.41) is 5.75. The van der Waals surface area contributed by atoms with Crippen LogP contribution in [0.2, 0.25) is 0 Å². The van der Waals surface area contributed by atoms with Gasteiger partial charge in [-0.3, -0.25) is 4.79 Å². The molecule has 2 aromatic carbocycles. The fraction of sp³-hybridized carbons (Fsp3) is 0.200. The number of aromatic nitrogens is 1. The van der Waals surface area contributed by atoms with E-state index in [1.54, 1.807) is 29.5 Å². The smallest absolute Gasteiger partial charge is 0.243 e. The van der Waals surface area contributed by atoms with Gasteiger partial charge in [0.05, 0.1) is 22.9 Å². The van der Waals surface area contributed by atoms with Crippen LogP contribution in [0.5, 0.6) is 0 Å². The van der Waals surface area contributed by atoms with Crippen LogP contribution in [0.4, 0.5) is 15.8 Å². The molecule has 0 spiro atoms. The van der Waals surface area contributed by atoms with Crippen LogP contribution in [-0.2, 0) is 11.2 Å². The Morgan fingerprint density at radius 1 is 1.31 bits per heavy atom. The summed E-state index contributed by atoms with van der Waals surface area (Å²) in [6.07, 6.45) is 0.888. The lowest BCUT2D eigenvalue weighted by Gasteiger charge is -2.19. The van der Waals surface area contributed by atoms with E-state index < -0.39 is 5.82 Å². The zero-order valence-electron chi connectivity index (χ0n) is 14.3. The molecule has 0 unspecified atom stereocenters. The van der Waals surface area contributed by atoms with Gasteiger partial charge in [-0.2, -0.15) is 0 Å². The van der Waals surface area contributed by atoms with E-state index in [-0.39, 0.29) is 18.1 Å². The number of rotatable bonds is 4. The molecule has 26 heavy (non-hydrogen) atoms. The molecule has 1 aliphatic heterocycles. The maximum Gasteiger partial charge on any atom is 0.243 e. The van der Waals surface area contributed by atoms with Crippen molar-refractivity contribution in [3.05, 3.63) is 64.2 Å². The fourth-order valence-corrected chi connectivity index (χ4v) is 3.84. The largest absolute Gasteiger partial charge is 0.362 e. The SMILES string of the molecule is Cc1nc(-c2ccc3c(c2)CCN3CC(=O)Nc2ccccc2F)cs1. The molecule has 0 saturated carbocycles. The number of hydrogen-bond acceptors (Lipinski definition) is 4. The molecular weight excluding hydrogens is 349 g/mol. The summed E-state index contributed by atoms with van der Waals surface area (Å²) in [5.74, 6) is -0.645. The van der Waals surface area contributed by atoms with Gasteiger partial charge in [0.1, 0.15) is 5.82 Å². The van der Waals surface area contributed by atoms with Crippen molar-refractivity contribution < 1.29 is 9.18 Å². The number of amides is 1. The zero-order valence-corrected chi connectivity index (χ0v) is 15.1. The van der Waals surface area contributed by atoms with E-state index in [0.29, 0.717) is 0 Å². The maximum atomic E-state index is 13.7. The molecule has 4 nitrogen and oxygen atoms in total. The molecule has 1 aliphatic rings. The van der Waals surface area contributed by atoms with E-state index >= 15 is 0 Å². The van der Waals surface area contributed by atoms with Gasteiger partial charge < -0.3 is 10.2 Å². The highest BCUT2D eigenvalue weighted by Gasteiger charge is 2.22. The Kier molecular flexibility index (Phi) is 4.42.